The van der Waals surface area contributed by atoms with Crippen LogP contribution in [0.5, 0.6) is 11.6 Å². The molecule has 16 heteroatoms. The molecule has 252 valence electrons. The molecule has 0 bridgehead atoms. The first-order valence-corrected chi connectivity index (χ1v) is 16.7. The molecule has 5 aromatic rings. The number of halogens is 1. The molecule has 48 heavy (non-hydrogen) atoms. The number of morpholine rings is 1. The normalized spacial score (nSPS) is 19.2. The lowest BCUT2D eigenvalue weighted by atomic mass is 9.90. The summed E-state index contributed by atoms with van der Waals surface area (Å²) in [5.74, 6) is 1.51. The summed E-state index contributed by atoms with van der Waals surface area (Å²) in [6, 6.07) is 8.40. The molecule has 1 aromatic carbocycles. The third-order valence-electron chi connectivity index (χ3n) is 8.75. The van der Waals surface area contributed by atoms with Crippen LogP contribution in [0.1, 0.15) is 38.6 Å². The maximum atomic E-state index is 6.46. The monoisotopic (exact) mass is 674 g/mol. The van der Waals surface area contributed by atoms with Crippen molar-refractivity contribution in [1.82, 2.24) is 54.6 Å². The van der Waals surface area contributed by atoms with Gasteiger partial charge in [0.1, 0.15) is 30.5 Å². The summed E-state index contributed by atoms with van der Waals surface area (Å²) >= 11 is 6.46. The molecule has 1 aliphatic heterocycles. The summed E-state index contributed by atoms with van der Waals surface area (Å²) in [6.45, 7) is 7.15. The van der Waals surface area contributed by atoms with Crippen molar-refractivity contribution in [3.05, 3.63) is 66.6 Å². The van der Waals surface area contributed by atoms with E-state index in [1.807, 2.05) is 46.9 Å². The molecule has 1 aliphatic carbocycles. The van der Waals surface area contributed by atoms with Crippen molar-refractivity contribution in [3.8, 4) is 22.8 Å². The third-order valence-corrected chi connectivity index (χ3v) is 9.06. The largest absolute Gasteiger partial charge is 0.487 e. The summed E-state index contributed by atoms with van der Waals surface area (Å²) < 4.78 is 23.3. The molecule has 2 fully saturated rings. The van der Waals surface area contributed by atoms with Gasteiger partial charge < -0.3 is 19.5 Å². The summed E-state index contributed by atoms with van der Waals surface area (Å²) in [5, 5.41) is 24.2. The van der Waals surface area contributed by atoms with E-state index in [2.05, 4.69) is 40.8 Å². The van der Waals surface area contributed by atoms with Gasteiger partial charge in [-0.1, -0.05) is 17.7 Å². The number of hydrogen-bond donors (Lipinski definition) is 1. The fourth-order valence-electron chi connectivity index (χ4n) is 6.27. The lowest BCUT2D eigenvalue weighted by molar-refractivity contribution is 0.00503. The number of benzene rings is 1. The molecule has 2 aliphatic rings. The van der Waals surface area contributed by atoms with E-state index in [-0.39, 0.29) is 6.10 Å². The maximum Gasteiger partial charge on any atom is 0.257 e. The zero-order valence-electron chi connectivity index (χ0n) is 26.8. The predicted molar refractivity (Wildman–Crippen MR) is 177 cm³/mol. The van der Waals surface area contributed by atoms with E-state index in [1.165, 1.54) is 0 Å². The Balaban J connectivity index is 1.03. The Hall–Kier alpha value is -4.60. The van der Waals surface area contributed by atoms with Gasteiger partial charge in [0.15, 0.2) is 0 Å². The predicted octanol–water partition coefficient (Wildman–Crippen LogP) is 4.28. The Morgan fingerprint density at radius 1 is 1.04 bits per heavy atom. The van der Waals surface area contributed by atoms with Crippen LogP contribution >= 0.6 is 11.6 Å². The topological polar surface area (TPSA) is 148 Å². The van der Waals surface area contributed by atoms with E-state index < -0.39 is 0 Å². The summed E-state index contributed by atoms with van der Waals surface area (Å²) in [4.78, 5) is 11.8. The molecule has 0 radical (unpaired) electrons. The fraction of sp³-hybridized carbons (Fsp3) is 0.469. The van der Waals surface area contributed by atoms with Crippen LogP contribution in [0.3, 0.4) is 0 Å². The number of anilines is 2. The van der Waals surface area contributed by atoms with Crippen molar-refractivity contribution in [1.29, 1.82) is 0 Å². The number of aromatic nitrogens is 10. The lowest BCUT2D eigenvalue weighted by Crippen LogP contribution is -2.45. The van der Waals surface area contributed by atoms with Crippen LogP contribution in [0.2, 0.25) is 5.02 Å². The first-order chi connectivity index (χ1) is 23.6. The highest BCUT2D eigenvalue weighted by molar-refractivity contribution is 6.32. The lowest BCUT2D eigenvalue weighted by Gasteiger charge is -2.38. The summed E-state index contributed by atoms with van der Waals surface area (Å²) in [5.41, 5.74) is 2.41. The van der Waals surface area contributed by atoms with Crippen molar-refractivity contribution < 1.29 is 14.2 Å². The smallest absolute Gasteiger partial charge is 0.257 e. The fourth-order valence-corrected chi connectivity index (χ4v) is 6.43. The van der Waals surface area contributed by atoms with Gasteiger partial charge in [-0.2, -0.15) is 5.10 Å². The molecule has 1 saturated heterocycles. The molecule has 0 spiro atoms. The average Bonchev–Trinajstić information content (AvgIpc) is 3.91. The van der Waals surface area contributed by atoms with Gasteiger partial charge in [0.05, 0.1) is 43.6 Å². The number of ether oxygens (including phenoxy) is 3. The molecular weight excluding hydrogens is 636 g/mol. The van der Waals surface area contributed by atoms with E-state index in [0.29, 0.717) is 54.4 Å². The molecule has 7 rings (SSSR count). The highest BCUT2D eigenvalue weighted by Crippen LogP contribution is 2.35. The van der Waals surface area contributed by atoms with E-state index >= 15 is 0 Å². The van der Waals surface area contributed by atoms with Crippen molar-refractivity contribution in [2.24, 2.45) is 0 Å². The Labute approximate surface area is 283 Å². The number of nitrogens with zero attached hydrogens (tertiary/aromatic N) is 11. The van der Waals surface area contributed by atoms with Crippen LogP contribution < -0.4 is 14.8 Å². The van der Waals surface area contributed by atoms with Gasteiger partial charge in [-0.05, 0) is 66.8 Å². The second-order valence-electron chi connectivity index (χ2n) is 12.1. The molecule has 0 amide bonds. The van der Waals surface area contributed by atoms with E-state index in [0.717, 1.165) is 68.8 Å². The first kappa shape index (κ1) is 32.0. The minimum atomic E-state index is -0.208. The van der Waals surface area contributed by atoms with Crippen LogP contribution in [-0.2, 0) is 17.8 Å². The van der Waals surface area contributed by atoms with Gasteiger partial charge in [0, 0.05) is 49.5 Å². The van der Waals surface area contributed by atoms with Crippen LogP contribution in [0.25, 0.3) is 11.1 Å². The number of rotatable bonds is 13. The van der Waals surface area contributed by atoms with Gasteiger partial charge in [-0.15, -0.1) is 10.2 Å². The second kappa shape index (κ2) is 15.1. The minimum Gasteiger partial charge on any atom is -0.487 e. The Morgan fingerprint density at radius 2 is 1.85 bits per heavy atom. The van der Waals surface area contributed by atoms with Crippen LogP contribution in [-0.4, -0.2) is 99.7 Å². The molecule has 1 saturated carbocycles. The summed E-state index contributed by atoms with van der Waals surface area (Å²) in [6.07, 6.45) is 15.0. The number of nitrogens with one attached hydrogen (secondary N) is 1. The van der Waals surface area contributed by atoms with E-state index in [4.69, 9.17) is 30.9 Å². The SMILES string of the molecule is C[C@@H](Cn1cnnn1)Oc1cc(-c2cnc(Nc3cn([C@H]4CC[C@H](N5CCOCC5)CC4)nc3OCCn3cccn3)nc2)ccc1Cl. The van der Waals surface area contributed by atoms with Crippen molar-refractivity contribution in [2.75, 3.05) is 38.2 Å². The molecule has 0 unspecified atom stereocenters. The van der Waals surface area contributed by atoms with E-state index in [1.54, 1.807) is 35.7 Å². The molecule has 1 atom stereocenters. The average molecular weight is 675 g/mol. The Morgan fingerprint density at radius 3 is 2.60 bits per heavy atom. The van der Waals surface area contributed by atoms with Gasteiger partial charge >= 0.3 is 0 Å². The van der Waals surface area contributed by atoms with Gasteiger partial charge in [0.25, 0.3) is 5.88 Å². The molecule has 15 nitrogen and oxygen atoms in total. The Bertz CT molecular complexity index is 1720. The molecule has 4 aromatic heterocycles. The molecule has 1 N–H and O–H groups in total. The van der Waals surface area contributed by atoms with Gasteiger partial charge in [0.2, 0.25) is 5.95 Å². The van der Waals surface area contributed by atoms with Crippen molar-refractivity contribution >= 4 is 23.2 Å². The van der Waals surface area contributed by atoms with Crippen molar-refractivity contribution in [2.45, 2.75) is 63.9 Å². The standard InChI is InChI=1S/C32H39ClN12O3/c1-23(20-44-22-36-40-41-44)48-30-17-24(3-8-28(30)33)25-18-34-32(35-19-25)38-29-21-45(39-31(29)47-16-13-43-10-2-9-37-43)27-6-4-26(5-7-27)42-11-14-46-15-12-42/h2-3,8-10,17-19,21-23,26-27H,4-7,11-16,20H2,1H3,(H,34,35,38)/t23-,26-,27-/m0/s1. The quantitative estimate of drug-likeness (QED) is 0.190. The van der Waals surface area contributed by atoms with Crippen LogP contribution in [0.15, 0.2) is 61.6 Å². The first-order valence-electron chi connectivity index (χ1n) is 16.3. The number of tetrazole rings is 1. The van der Waals surface area contributed by atoms with Crippen LogP contribution in [0.4, 0.5) is 11.6 Å². The summed E-state index contributed by atoms with van der Waals surface area (Å²) in [7, 11) is 0. The van der Waals surface area contributed by atoms with E-state index in [9.17, 15) is 0 Å². The highest BCUT2D eigenvalue weighted by atomic mass is 35.5. The Kier molecular flexibility index (Phi) is 10.1. The zero-order valence-corrected chi connectivity index (χ0v) is 27.6. The highest BCUT2D eigenvalue weighted by Gasteiger charge is 2.29. The number of hydrogen-bond acceptors (Lipinski definition) is 12. The van der Waals surface area contributed by atoms with Crippen molar-refractivity contribution in [3.63, 3.8) is 0 Å². The minimum absolute atomic E-state index is 0.208. The maximum absolute atomic E-state index is 6.46. The second-order valence-corrected chi connectivity index (χ2v) is 12.5. The molecule has 5 heterocycles. The third kappa shape index (κ3) is 7.91. The van der Waals surface area contributed by atoms with Gasteiger partial charge in [-0.3, -0.25) is 14.3 Å². The zero-order chi connectivity index (χ0) is 32.7. The van der Waals surface area contributed by atoms with Gasteiger partial charge in [-0.25, -0.2) is 14.6 Å². The molecular formula is C32H39ClN12O3. The van der Waals surface area contributed by atoms with Crippen LogP contribution in [0, 0.1) is 0 Å².